The highest BCUT2D eigenvalue weighted by molar-refractivity contribution is 5.19. The molecule has 0 amide bonds. The molecule has 0 fully saturated rings. The van der Waals surface area contributed by atoms with Gasteiger partial charge in [-0.1, -0.05) is 37.3 Å². The van der Waals surface area contributed by atoms with Gasteiger partial charge in [0, 0.05) is 0 Å². The van der Waals surface area contributed by atoms with Crippen LogP contribution in [0.25, 0.3) is 0 Å². The first-order valence-corrected chi connectivity index (χ1v) is 5.18. The smallest absolute Gasteiger partial charge is 0.0781 e. The molecule has 15 heavy (non-hydrogen) atoms. The van der Waals surface area contributed by atoms with Gasteiger partial charge in [-0.2, -0.15) is 5.26 Å². The fourth-order valence-electron chi connectivity index (χ4n) is 1.72. The van der Waals surface area contributed by atoms with E-state index in [9.17, 15) is 0 Å². The third-order valence-electron chi connectivity index (χ3n) is 2.74. The number of hydrogen-bond donors (Lipinski definition) is 1. The van der Waals surface area contributed by atoms with Gasteiger partial charge in [-0.3, -0.25) is 0 Å². The first-order chi connectivity index (χ1) is 7.11. The van der Waals surface area contributed by atoms with Gasteiger partial charge in [0.1, 0.15) is 0 Å². The van der Waals surface area contributed by atoms with Crippen LogP contribution in [-0.2, 0) is 0 Å². The Morgan fingerprint density at radius 3 is 2.47 bits per heavy atom. The second kappa shape index (κ2) is 4.95. The van der Waals surface area contributed by atoms with Crippen molar-refractivity contribution < 1.29 is 5.11 Å². The fraction of sp³-hybridized carbons (Fsp3) is 0.462. The Morgan fingerprint density at radius 2 is 2.00 bits per heavy atom. The van der Waals surface area contributed by atoms with E-state index in [0.29, 0.717) is 12.3 Å². The molecule has 0 aliphatic rings. The number of nitriles is 1. The van der Waals surface area contributed by atoms with Crippen molar-refractivity contribution in [2.24, 2.45) is 5.41 Å². The Kier molecular flexibility index (Phi) is 3.88. The molecule has 0 aliphatic heterocycles. The summed E-state index contributed by atoms with van der Waals surface area (Å²) in [5.41, 5.74) is 0.586. The zero-order valence-corrected chi connectivity index (χ0v) is 9.27. The summed E-state index contributed by atoms with van der Waals surface area (Å²) in [5, 5.41) is 18.1. The van der Waals surface area contributed by atoms with Crippen LogP contribution in [0, 0.1) is 16.7 Å². The van der Waals surface area contributed by atoms with Gasteiger partial charge in [-0.15, -0.1) is 0 Å². The van der Waals surface area contributed by atoms with Gasteiger partial charge in [-0.05, 0) is 24.8 Å². The molecule has 2 heteroatoms. The molecule has 0 spiro atoms. The third kappa shape index (κ3) is 3.07. The van der Waals surface area contributed by atoms with E-state index in [-0.39, 0.29) is 6.61 Å². The largest absolute Gasteiger partial charge is 0.395 e. The van der Waals surface area contributed by atoms with Crippen LogP contribution in [0.2, 0.25) is 0 Å². The lowest BCUT2D eigenvalue weighted by atomic mass is 9.81. The van der Waals surface area contributed by atoms with Crippen molar-refractivity contribution in [3.8, 4) is 6.07 Å². The SMILES string of the molecule is C[C@H](C[C@@](C)(C#N)CO)c1ccccc1. The Morgan fingerprint density at radius 1 is 1.40 bits per heavy atom. The lowest BCUT2D eigenvalue weighted by Gasteiger charge is -2.23. The summed E-state index contributed by atoms with van der Waals surface area (Å²) in [6.45, 7) is 3.80. The normalized spacial score (nSPS) is 16.4. The molecule has 1 aromatic carbocycles. The van der Waals surface area contributed by atoms with Crippen molar-refractivity contribution in [1.82, 2.24) is 0 Å². The number of nitrogens with zero attached hydrogens (tertiary/aromatic N) is 1. The molecule has 2 atom stereocenters. The van der Waals surface area contributed by atoms with Crippen LogP contribution in [0.5, 0.6) is 0 Å². The number of hydrogen-bond acceptors (Lipinski definition) is 2. The van der Waals surface area contributed by atoms with Crippen molar-refractivity contribution in [2.45, 2.75) is 26.2 Å². The quantitative estimate of drug-likeness (QED) is 0.817. The molecule has 1 N–H and O–H groups in total. The van der Waals surface area contributed by atoms with Crippen molar-refractivity contribution in [3.63, 3.8) is 0 Å². The summed E-state index contributed by atoms with van der Waals surface area (Å²) in [6.07, 6.45) is 0.685. The summed E-state index contributed by atoms with van der Waals surface area (Å²) in [6, 6.07) is 12.3. The van der Waals surface area contributed by atoms with Crippen LogP contribution < -0.4 is 0 Å². The molecule has 1 rings (SSSR count). The molecule has 0 radical (unpaired) electrons. The van der Waals surface area contributed by atoms with E-state index in [1.165, 1.54) is 5.56 Å². The number of aliphatic hydroxyl groups is 1. The van der Waals surface area contributed by atoms with Crippen LogP contribution in [0.4, 0.5) is 0 Å². The topological polar surface area (TPSA) is 44.0 Å². The predicted octanol–water partition coefficient (Wildman–Crippen LogP) is 2.70. The van der Waals surface area contributed by atoms with Crippen LogP contribution >= 0.6 is 0 Å². The molecule has 0 aromatic heterocycles. The molecule has 0 heterocycles. The maximum absolute atomic E-state index is 9.16. The molecule has 2 nitrogen and oxygen atoms in total. The van der Waals surface area contributed by atoms with E-state index >= 15 is 0 Å². The Bertz CT molecular complexity index is 341. The van der Waals surface area contributed by atoms with Crippen molar-refractivity contribution >= 4 is 0 Å². The summed E-state index contributed by atoms with van der Waals surface area (Å²) in [4.78, 5) is 0. The summed E-state index contributed by atoms with van der Waals surface area (Å²) in [7, 11) is 0. The van der Waals surface area contributed by atoms with Gasteiger partial charge in [0.2, 0.25) is 0 Å². The lowest BCUT2D eigenvalue weighted by molar-refractivity contribution is 0.175. The zero-order chi connectivity index (χ0) is 11.3. The molecule has 0 saturated carbocycles. The van der Waals surface area contributed by atoms with E-state index in [4.69, 9.17) is 10.4 Å². The van der Waals surface area contributed by atoms with Crippen molar-refractivity contribution in [1.29, 1.82) is 5.26 Å². The van der Waals surface area contributed by atoms with Crippen molar-refractivity contribution in [3.05, 3.63) is 35.9 Å². The Hall–Kier alpha value is -1.33. The minimum absolute atomic E-state index is 0.0827. The van der Waals surface area contributed by atoms with E-state index < -0.39 is 5.41 Å². The molecule has 0 aliphatic carbocycles. The monoisotopic (exact) mass is 203 g/mol. The Labute approximate surface area is 91.2 Å². The van der Waals surface area contributed by atoms with Crippen LogP contribution in [0.15, 0.2) is 30.3 Å². The number of aliphatic hydroxyl groups excluding tert-OH is 1. The highest BCUT2D eigenvalue weighted by Crippen LogP contribution is 2.30. The summed E-state index contributed by atoms with van der Waals surface area (Å²) in [5.74, 6) is 0.294. The van der Waals surface area contributed by atoms with Gasteiger partial charge < -0.3 is 5.11 Å². The van der Waals surface area contributed by atoms with Crippen LogP contribution in [0.1, 0.15) is 31.7 Å². The summed E-state index contributed by atoms with van der Waals surface area (Å²) < 4.78 is 0. The van der Waals surface area contributed by atoms with E-state index in [1.54, 1.807) is 6.92 Å². The molecule has 1 aromatic rings. The average Bonchev–Trinajstić information content (AvgIpc) is 2.30. The maximum Gasteiger partial charge on any atom is 0.0781 e. The predicted molar refractivity (Wildman–Crippen MR) is 60.3 cm³/mol. The van der Waals surface area contributed by atoms with E-state index in [0.717, 1.165) is 0 Å². The molecular formula is C13H17NO. The van der Waals surface area contributed by atoms with E-state index in [2.05, 4.69) is 25.1 Å². The van der Waals surface area contributed by atoms with Crippen molar-refractivity contribution in [2.75, 3.05) is 6.61 Å². The molecule has 80 valence electrons. The van der Waals surface area contributed by atoms with Gasteiger partial charge in [0.25, 0.3) is 0 Å². The standard InChI is InChI=1S/C13H17NO/c1-11(8-13(2,9-14)10-15)12-6-4-3-5-7-12/h3-7,11,15H,8,10H2,1-2H3/t11-,13+/m1/s1. The van der Waals surface area contributed by atoms with Crippen LogP contribution in [-0.4, -0.2) is 11.7 Å². The lowest BCUT2D eigenvalue weighted by Crippen LogP contribution is -2.21. The fourth-order valence-corrected chi connectivity index (χ4v) is 1.72. The van der Waals surface area contributed by atoms with Gasteiger partial charge in [-0.25, -0.2) is 0 Å². The Balaban J connectivity index is 2.72. The number of rotatable bonds is 4. The third-order valence-corrected chi connectivity index (χ3v) is 2.74. The van der Waals surface area contributed by atoms with Crippen LogP contribution in [0.3, 0.4) is 0 Å². The molecular weight excluding hydrogens is 186 g/mol. The van der Waals surface area contributed by atoms with E-state index in [1.807, 2.05) is 18.2 Å². The van der Waals surface area contributed by atoms with Gasteiger partial charge in [0.05, 0.1) is 18.1 Å². The highest BCUT2D eigenvalue weighted by Gasteiger charge is 2.25. The van der Waals surface area contributed by atoms with Gasteiger partial charge >= 0.3 is 0 Å². The van der Waals surface area contributed by atoms with Gasteiger partial charge in [0.15, 0.2) is 0 Å². The minimum Gasteiger partial charge on any atom is -0.395 e. The maximum atomic E-state index is 9.16. The highest BCUT2D eigenvalue weighted by atomic mass is 16.3. The first kappa shape index (κ1) is 11.7. The molecule has 0 saturated heterocycles. The zero-order valence-electron chi connectivity index (χ0n) is 9.27. The minimum atomic E-state index is -0.630. The second-order valence-corrected chi connectivity index (χ2v) is 4.35. The molecule has 0 bridgehead atoms. The number of benzene rings is 1. The molecule has 0 unspecified atom stereocenters. The average molecular weight is 203 g/mol. The summed E-state index contributed by atoms with van der Waals surface area (Å²) >= 11 is 0. The second-order valence-electron chi connectivity index (χ2n) is 4.35. The first-order valence-electron chi connectivity index (χ1n) is 5.18.